The number of carbonyl (C=O) groups is 2. The average molecular weight is 336 g/mol. The topological polar surface area (TPSA) is 105 Å². The normalized spacial score (nSPS) is 12.0. The molecule has 0 saturated heterocycles. The van der Waals surface area contributed by atoms with Gasteiger partial charge < -0.3 is 20.9 Å². The first-order valence-corrected chi connectivity index (χ1v) is 7.91. The number of hydrogen-bond donors (Lipinski definition) is 2. The van der Waals surface area contributed by atoms with Crippen LogP contribution in [0.15, 0.2) is 12.1 Å². The maximum absolute atomic E-state index is 12.7. The highest BCUT2D eigenvalue weighted by molar-refractivity contribution is 6.05. The van der Waals surface area contributed by atoms with E-state index < -0.39 is 23.1 Å². The molecule has 0 aromatic heterocycles. The van der Waals surface area contributed by atoms with Gasteiger partial charge in [-0.3, -0.25) is 0 Å². The van der Waals surface area contributed by atoms with E-state index in [1.54, 1.807) is 53.7 Å². The van der Waals surface area contributed by atoms with Crippen molar-refractivity contribution in [2.45, 2.75) is 65.8 Å². The van der Waals surface area contributed by atoms with Crippen LogP contribution in [0.2, 0.25) is 0 Å². The number of esters is 2. The maximum Gasteiger partial charge on any atom is 0.339 e. The van der Waals surface area contributed by atoms with Crippen molar-refractivity contribution in [3.63, 3.8) is 0 Å². The smallest absolute Gasteiger partial charge is 0.339 e. The molecule has 0 bridgehead atoms. The van der Waals surface area contributed by atoms with Crippen molar-refractivity contribution < 1.29 is 19.1 Å². The molecule has 0 amide bonds. The molecule has 0 fully saturated rings. The van der Waals surface area contributed by atoms with Crippen molar-refractivity contribution in [3.05, 3.63) is 34.4 Å². The minimum absolute atomic E-state index is 0.0925. The monoisotopic (exact) mass is 336 g/mol. The zero-order chi connectivity index (χ0) is 18.7. The van der Waals surface area contributed by atoms with Crippen molar-refractivity contribution in [3.8, 4) is 0 Å². The number of hydrogen-bond acceptors (Lipinski definition) is 6. The molecule has 134 valence electrons. The fourth-order valence-corrected chi connectivity index (χ4v) is 2.15. The van der Waals surface area contributed by atoms with Gasteiger partial charge in [0.25, 0.3) is 0 Å². The lowest BCUT2D eigenvalue weighted by Crippen LogP contribution is -2.30. The molecule has 6 heteroatoms. The molecule has 0 spiro atoms. The standard InChI is InChI=1S/C18H28N2O4/c1-17(2,3)23-15(21)13-11(9-19)7-8-12(10-20)14(13)16(22)24-18(4,5)6/h7-8H,9-10,19-20H2,1-6H3. The molecule has 0 aliphatic heterocycles. The Hall–Kier alpha value is -1.92. The number of rotatable bonds is 4. The molecule has 0 saturated carbocycles. The second-order valence-electron chi connectivity index (χ2n) is 7.55. The molecule has 1 aromatic carbocycles. The molecule has 1 rings (SSSR count). The van der Waals surface area contributed by atoms with Crippen LogP contribution >= 0.6 is 0 Å². The van der Waals surface area contributed by atoms with Crippen LogP contribution in [0.3, 0.4) is 0 Å². The summed E-state index contributed by atoms with van der Waals surface area (Å²) in [6, 6.07) is 3.38. The first kappa shape index (κ1) is 20.1. The van der Waals surface area contributed by atoms with Gasteiger partial charge in [0.05, 0.1) is 11.1 Å². The molecular weight excluding hydrogens is 308 g/mol. The zero-order valence-electron chi connectivity index (χ0n) is 15.4. The van der Waals surface area contributed by atoms with Crippen molar-refractivity contribution in [2.75, 3.05) is 0 Å². The van der Waals surface area contributed by atoms with Gasteiger partial charge >= 0.3 is 11.9 Å². The third kappa shape index (κ3) is 5.32. The molecule has 24 heavy (non-hydrogen) atoms. The Bertz CT molecular complexity index is 570. The van der Waals surface area contributed by atoms with Crippen LogP contribution in [0, 0.1) is 0 Å². The summed E-state index contributed by atoms with van der Waals surface area (Å²) in [6.45, 7) is 10.7. The van der Waals surface area contributed by atoms with Crippen LogP contribution in [0.5, 0.6) is 0 Å². The largest absolute Gasteiger partial charge is 0.456 e. The highest BCUT2D eigenvalue weighted by Crippen LogP contribution is 2.25. The lowest BCUT2D eigenvalue weighted by Gasteiger charge is -2.24. The molecule has 6 nitrogen and oxygen atoms in total. The minimum atomic E-state index is -0.702. The van der Waals surface area contributed by atoms with E-state index in [0.717, 1.165) is 0 Å². The van der Waals surface area contributed by atoms with E-state index in [9.17, 15) is 9.59 Å². The van der Waals surface area contributed by atoms with E-state index in [1.165, 1.54) is 0 Å². The van der Waals surface area contributed by atoms with E-state index in [4.69, 9.17) is 20.9 Å². The summed E-state index contributed by atoms with van der Waals surface area (Å²) in [5, 5.41) is 0. The van der Waals surface area contributed by atoms with Gasteiger partial charge in [-0.15, -0.1) is 0 Å². The predicted molar refractivity (Wildman–Crippen MR) is 92.6 cm³/mol. The fraction of sp³-hybridized carbons (Fsp3) is 0.556. The third-order valence-corrected chi connectivity index (χ3v) is 3.02. The lowest BCUT2D eigenvalue weighted by molar-refractivity contribution is 0.00166. The first-order valence-electron chi connectivity index (χ1n) is 7.91. The summed E-state index contributed by atoms with van der Waals surface area (Å²) in [6.07, 6.45) is 0. The van der Waals surface area contributed by atoms with Crippen molar-refractivity contribution in [1.82, 2.24) is 0 Å². The molecule has 0 aliphatic carbocycles. The van der Waals surface area contributed by atoms with E-state index in [2.05, 4.69) is 0 Å². The fourth-order valence-electron chi connectivity index (χ4n) is 2.15. The Kier molecular flexibility index (Phi) is 6.14. The molecule has 4 N–H and O–H groups in total. The van der Waals surface area contributed by atoms with Crippen LogP contribution in [0.1, 0.15) is 73.4 Å². The quantitative estimate of drug-likeness (QED) is 0.819. The van der Waals surface area contributed by atoms with Crippen molar-refractivity contribution in [2.24, 2.45) is 11.5 Å². The summed E-state index contributed by atoms with van der Waals surface area (Å²) in [4.78, 5) is 25.3. The molecule has 0 atom stereocenters. The average Bonchev–Trinajstić information content (AvgIpc) is 2.41. The summed E-state index contributed by atoms with van der Waals surface area (Å²) < 4.78 is 10.9. The van der Waals surface area contributed by atoms with Gasteiger partial charge in [-0.05, 0) is 52.7 Å². The molecule has 0 unspecified atom stereocenters. The van der Waals surface area contributed by atoms with Crippen LogP contribution in [0.25, 0.3) is 0 Å². The van der Waals surface area contributed by atoms with Crippen LogP contribution in [-0.4, -0.2) is 23.1 Å². The summed E-state index contributed by atoms with van der Waals surface area (Å²) in [7, 11) is 0. The maximum atomic E-state index is 12.7. The third-order valence-electron chi connectivity index (χ3n) is 3.02. The zero-order valence-corrected chi connectivity index (χ0v) is 15.4. The van der Waals surface area contributed by atoms with Gasteiger partial charge in [0.2, 0.25) is 0 Å². The van der Waals surface area contributed by atoms with Crippen LogP contribution in [-0.2, 0) is 22.6 Å². The Morgan fingerprint density at radius 3 is 1.29 bits per heavy atom. The van der Waals surface area contributed by atoms with Gasteiger partial charge in [0, 0.05) is 13.1 Å². The molecule has 0 heterocycles. The van der Waals surface area contributed by atoms with Crippen molar-refractivity contribution >= 4 is 11.9 Å². The number of nitrogens with two attached hydrogens (primary N) is 2. The second kappa shape index (κ2) is 7.32. The minimum Gasteiger partial charge on any atom is -0.456 e. The Morgan fingerprint density at radius 1 is 0.792 bits per heavy atom. The molecule has 0 radical (unpaired) electrons. The number of benzene rings is 1. The summed E-state index contributed by atoms with van der Waals surface area (Å²) in [5.74, 6) is -1.22. The van der Waals surface area contributed by atoms with E-state index in [-0.39, 0.29) is 24.2 Å². The van der Waals surface area contributed by atoms with Gasteiger partial charge in [-0.1, -0.05) is 12.1 Å². The summed E-state index contributed by atoms with van der Waals surface area (Å²) in [5.41, 5.74) is 11.4. The van der Waals surface area contributed by atoms with E-state index in [0.29, 0.717) is 11.1 Å². The predicted octanol–water partition coefficient (Wildman–Crippen LogP) is 2.51. The highest BCUT2D eigenvalue weighted by atomic mass is 16.6. The second-order valence-corrected chi connectivity index (χ2v) is 7.55. The van der Waals surface area contributed by atoms with E-state index >= 15 is 0 Å². The van der Waals surface area contributed by atoms with Gasteiger partial charge in [0.1, 0.15) is 11.2 Å². The Morgan fingerprint density at radius 2 is 1.08 bits per heavy atom. The number of carbonyl (C=O) groups excluding carboxylic acids is 2. The van der Waals surface area contributed by atoms with Crippen LogP contribution < -0.4 is 11.5 Å². The van der Waals surface area contributed by atoms with E-state index in [1.807, 2.05) is 0 Å². The van der Waals surface area contributed by atoms with Crippen molar-refractivity contribution in [1.29, 1.82) is 0 Å². The SMILES string of the molecule is CC(C)(C)OC(=O)c1c(CN)ccc(CN)c1C(=O)OC(C)(C)C. The Labute approximate surface area is 143 Å². The number of ether oxygens (including phenoxy) is 2. The van der Waals surface area contributed by atoms with Crippen LogP contribution in [0.4, 0.5) is 0 Å². The Balaban J connectivity index is 3.53. The van der Waals surface area contributed by atoms with Gasteiger partial charge in [-0.25, -0.2) is 9.59 Å². The lowest BCUT2D eigenvalue weighted by atomic mass is 9.95. The molecule has 0 aliphatic rings. The molecular formula is C18H28N2O4. The molecule has 1 aromatic rings. The van der Waals surface area contributed by atoms with Gasteiger partial charge in [-0.2, -0.15) is 0 Å². The highest BCUT2D eigenvalue weighted by Gasteiger charge is 2.30. The van der Waals surface area contributed by atoms with Gasteiger partial charge in [0.15, 0.2) is 0 Å². The first-order chi connectivity index (χ1) is 10.9. The summed E-state index contributed by atoms with van der Waals surface area (Å²) >= 11 is 0.